The van der Waals surface area contributed by atoms with Crippen molar-refractivity contribution in [3.05, 3.63) is 18.2 Å². The molecule has 1 aromatic heterocycles. The molecule has 21 heavy (non-hydrogen) atoms. The van der Waals surface area contributed by atoms with Crippen LogP contribution in [0.2, 0.25) is 0 Å². The van der Waals surface area contributed by atoms with Gasteiger partial charge in [-0.1, -0.05) is 12.5 Å². The van der Waals surface area contributed by atoms with E-state index in [4.69, 9.17) is 10.5 Å². The number of aromatic nitrogens is 2. The summed E-state index contributed by atoms with van der Waals surface area (Å²) in [7, 11) is 0. The van der Waals surface area contributed by atoms with Crippen LogP contribution in [0, 0.1) is 0 Å². The molecule has 2 heterocycles. The van der Waals surface area contributed by atoms with Gasteiger partial charge in [-0.3, -0.25) is 0 Å². The lowest BCUT2D eigenvalue weighted by Crippen LogP contribution is -2.18. The average Bonchev–Trinajstić information content (AvgIpc) is 2.77. The fourth-order valence-corrected chi connectivity index (χ4v) is 4.13. The Morgan fingerprint density at radius 3 is 3.00 bits per heavy atom. The molecular weight excluding hydrogens is 282 g/mol. The Bertz CT molecular complexity index is 617. The number of imidazole rings is 1. The Labute approximate surface area is 130 Å². The minimum atomic E-state index is 0.135. The summed E-state index contributed by atoms with van der Waals surface area (Å²) >= 11 is 2.06. The molecule has 5 heteroatoms. The normalized spacial score (nSPS) is 19.3. The molecule has 1 atom stereocenters. The zero-order chi connectivity index (χ0) is 14.8. The number of ether oxygens (including phenoxy) is 1. The van der Waals surface area contributed by atoms with E-state index in [2.05, 4.69) is 27.4 Å². The Balaban J connectivity index is 1.93. The van der Waals surface area contributed by atoms with Crippen molar-refractivity contribution in [1.82, 2.24) is 9.55 Å². The van der Waals surface area contributed by atoms with Gasteiger partial charge in [-0.25, -0.2) is 4.98 Å². The van der Waals surface area contributed by atoms with Gasteiger partial charge in [0.2, 0.25) is 5.95 Å². The molecular formula is C16H23N3OS. The van der Waals surface area contributed by atoms with E-state index >= 15 is 0 Å². The van der Waals surface area contributed by atoms with Crippen molar-refractivity contribution in [2.45, 2.75) is 51.0 Å². The number of para-hydroxylation sites is 1. The summed E-state index contributed by atoms with van der Waals surface area (Å²) in [5.41, 5.74) is 8.12. The second kappa shape index (κ2) is 6.18. The van der Waals surface area contributed by atoms with Crippen LogP contribution in [-0.2, 0) is 6.54 Å². The third kappa shape index (κ3) is 3.12. The van der Waals surface area contributed by atoms with Crippen LogP contribution in [0.25, 0.3) is 11.0 Å². The Morgan fingerprint density at radius 2 is 2.29 bits per heavy atom. The summed E-state index contributed by atoms with van der Waals surface area (Å²) in [5, 5.41) is 0.646. The smallest absolute Gasteiger partial charge is 0.201 e. The van der Waals surface area contributed by atoms with Crippen LogP contribution in [-0.4, -0.2) is 26.7 Å². The lowest BCUT2D eigenvalue weighted by molar-refractivity contribution is 0.245. The van der Waals surface area contributed by atoms with Crippen LogP contribution in [0.4, 0.5) is 5.95 Å². The van der Waals surface area contributed by atoms with Crippen LogP contribution in [0.3, 0.4) is 0 Å². The summed E-state index contributed by atoms with van der Waals surface area (Å²) in [6.07, 6.45) is 4.07. The molecule has 0 radical (unpaired) electrons. The molecule has 0 amide bonds. The van der Waals surface area contributed by atoms with E-state index in [1.165, 1.54) is 25.0 Å². The maximum absolute atomic E-state index is 6.16. The Morgan fingerprint density at radius 1 is 1.43 bits per heavy atom. The van der Waals surface area contributed by atoms with Crippen LogP contribution < -0.4 is 10.5 Å². The predicted molar refractivity (Wildman–Crippen MR) is 90.0 cm³/mol. The molecule has 1 unspecified atom stereocenters. The second-order valence-electron chi connectivity index (χ2n) is 5.86. The van der Waals surface area contributed by atoms with Gasteiger partial charge in [0.1, 0.15) is 11.3 Å². The Kier molecular flexibility index (Phi) is 4.29. The molecule has 2 N–H and O–H groups in total. The van der Waals surface area contributed by atoms with Crippen molar-refractivity contribution in [2.75, 3.05) is 11.5 Å². The molecule has 1 saturated heterocycles. The maximum atomic E-state index is 6.16. The van der Waals surface area contributed by atoms with Crippen LogP contribution in [0.1, 0.15) is 33.1 Å². The first-order chi connectivity index (χ1) is 10.1. The highest BCUT2D eigenvalue weighted by atomic mass is 32.2. The first-order valence-corrected chi connectivity index (χ1v) is 8.73. The molecule has 0 spiro atoms. The van der Waals surface area contributed by atoms with Crippen molar-refractivity contribution in [1.29, 1.82) is 0 Å². The number of nitrogens with zero attached hydrogens (tertiary/aromatic N) is 2. The summed E-state index contributed by atoms with van der Waals surface area (Å²) in [5.74, 6) is 2.68. The maximum Gasteiger partial charge on any atom is 0.201 e. The first-order valence-electron chi connectivity index (χ1n) is 7.68. The van der Waals surface area contributed by atoms with Gasteiger partial charge in [-0.15, -0.1) is 0 Å². The van der Waals surface area contributed by atoms with E-state index in [1.54, 1.807) is 0 Å². The van der Waals surface area contributed by atoms with Gasteiger partial charge in [0, 0.05) is 11.8 Å². The van der Waals surface area contributed by atoms with Crippen molar-refractivity contribution in [3.8, 4) is 5.75 Å². The largest absolute Gasteiger partial charge is 0.489 e. The quantitative estimate of drug-likeness (QED) is 0.936. The van der Waals surface area contributed by atoms with Crippen LogP contribution >= 0.6 is 11.8 Å². The van der Waals surface area contributed by atoms with Gasteiger partial charge in [0.15, 0.2) is 0 Å². The van der Waals surface area contributed by atoms with Gasteiger partial charge in [-0.05, 0) is 44.6 Å². The topological polar surface area (TPSA) is 53.1 Å². The van der Waals surface area contributed by atoms with Gasteiger partial charge < -0.3 is 15.0 Å². The van der Waals surface area contributed by atoms with Gasteiger partial charge in [0.25, 0.3) is 0 Å². The SMILES string of the molecule is CC(C)Oc1cccc2c1nc(N)n2CC1CCCCS1. The molecule has 1 fully saturated rings. The molecule has 0 aliphatic carbocycles. The lowest BCUT2D eigenvalue weighted by atomic mass is 10.2. The summed E-state index contributed by atoms with van der Waals surface area (Å²) in [6, 6.07) is 6.07. The molecule has 3 rings (SSSR count). The van der Waals surface area contributed by atoms with Gasteiger partial charge in [0.05, 0.1) is 11.6 Å². The minimum Gasteiger partial charge on any atom is -0.489 e. The van der Waals surface area contributed by atoms with E-state index < -0.39 is 0 Å². The summed E-state index contributed by atoms with van der Waals surface area (Å²) in [6.45, 7) is 4.99. The second-order valence-corrected chi connectivity index (χ2v) is 7.27. The van der Waals surface area contributed by atoms with E-state index in [1.807, 2.05) is 26.0 Å². The van der Waals surface area contributed by atoms with E-state index in [0.29, 0.717) is 11.2 Å². The average molecular weight is 305 g/mol. The highest BCUT2D eigenvalue weighted by Crippen LogP contribution is 2.31. The molecule has 0 saturated carbocycles. The third-order valence-corrected chi connectivity index (χ3v) is 5.17. The van der Waals surface area contributed by atoms with Crippen molar-refractivity contribution >= 4 is 28.7 Å². The monoisotopic (exact) mass is 305 g/mol. The zero-order valence-corrected chi connectivity index (χ0v) is 13.5. The number of fused-ring (bicyclic) bond motifs is 1. The van der Waals surface area contributed by atoms with Crippen LogP contribution in [0.5, 0.6) is 5.75 Å². The first kappa shape index (κ1) is 14.6. The number of thioether (sulfide) groups is 1. The molecule has 1 aliphatic rings. The predicted octanol–water partition coefficient (Wildman–Crippen LogP) is 3.69. The minimum absolute atomic E-state index is 0.135. The highest BCUT2D eigenvalue weighted by molar-refractivity contribution is 7.99. The lowest BCUT2D eigenvalue weighted by Gasteiger charge is -2.22. The number of hydrogen-bond acceptors (Lipinski definition) is 4. The summed E-state index contributed by atoms with van der Waals surface area (Å²) < 4.78 is 7.99. The van der Waals surface area contributed by atoms with Gasteiger partial charge in [-0.2, -0.15) is 11.8 Å². The summed E-state index contributed by atoms with van der Waals surface area (Å²) in [4.78, 5) is 4.54. The number of nitrogens with two attached hydrogens (primary N) is 1. The molecule has 2 aromatic rings. The van der Waals surface area contributed by atoms with E-state index in [-0.39, 0.29) is 6.10 Å². The van der Waals surface area contributed by atoms with Crippen LogP contribution in [0.15, 0.2) is 18.2 Å². The highest BCUT2D eigenvalue weighted by Gasteiger charge is 2.19. The standard InChI is InChI=1S/C16H23N3OS/c1-11(2)20-14-8-5-7-13-15(14)18-16(17)19(13)10-12-6-3-4-9-21-12/h5,7-8,11-12H,3-4,6,9-10H2,1-2H3,(H2,17,18). The molecule has 114 valence electrons. The Hall–Kier alpha value is -1.36. The molecule has 0 bridgehead atoms. The fourth-order valence-electron chi connectivity index (χ4n) is 2.84. The molecule has 1 aromatic carbocycles. The van der Waals surface area contributed by atoms with Crippen molar-refractivity contribution in [3.63, 3.8) is 0 Å². The number of hydrogen-bond donors (Lipinski definition) is 1. The number of rotatable bonds is 4. The third-order valence-electron chi connectivity index (χ3n) is 3.79. The zero-order valence-electron chi connectivity index (χ0n) is 12.7. The van der Waals surface area contributed by atoms with Crippen molar-refractivity contribution < 1.29 is 4.74 Å². The van der Waals surface area contributed by atoms with E-state index in [9.17, 15) is 0 Å². The number of benzene rings is 1. The fraction of sp³-hybridized carbons (Fsp3) is 0.562. The van der Waals surface area contributed by atoms with Crippen molar-refractivity contribution in [2.24, 2.45) is 0 Å². The van der Waals surface area contributed by atoms with Gasteiger partial charge >= 0.3 is 0 Å². The molecule has 1 aliphatic heterocycles. The number of nitrogen functional groups attached to an aromatic ring is 1. The molecule has 4 nitrogen and oxygen atoms in total. The number of anilines is 1. The van der Waals surface area contributed by atoms with E-state index in [0.717, 1.165) is 23.3 Å².